The Morgan fingerprint density at radius 2 is 1.58 bits per heavy atom. The molecule has 0 N–H and O–H groups in total. The van der Waals surface area contributed by atoms with E-state index in [0.717, 1.165) is 18.2 Å². The number of methoxy groups -OCH3 is 3. The van der Waals surface area contributed by atoms with Crippen LogP contribution in [0.4, 0.5) is 5.69 Å². The summed E-state index contributed by atoms with van der Waals surface area (Å²) in [5, 5.41) is 11.2. The maximum Gasteiger partial charge on any atom is 0.339 e. The van der Waals surface area contributed by atoms with E-state index in [1.807, 2.05) is 0 Å². The molecular formula is C35H29Cl2NO13S. The molecular weight excluding hydrogens is 745 g/mol. The summed E-state index contributed by atoms with van der Waals surface area (Å²) in [5.41, 5.74) is 1.50. The van der Waals surface area contributed by atoms with Crippen molar-refractivity contribution in [3.8, 4) is 34.5 Å². The molecule has 0 spiro atoms. The number of carbonyl (C=O) groups is 1. The molecule has 0 radical (unpaired) electrons. The molecule has 2 heterocycles. The Hall–Kier alpha value is -4.96. The zero-order chi connectivity index (χ0) is 36.9. The number of alkyl halides is 1. The quantitative estimate of drug-likeness (QED) is 0.0546. The van der Waals surface area contributed by atoms with Gasteiger partial charge < -0.3 is 37.3 Å². The van der Waals surface area contributed by atoms with Gasteiger partial charge >= 0.3 is 16.1 Å². The summed E-state index contributed by atoms with van der Waals surface area (Å²) >= 11 is 13.4. The predicted molar refractivity (Wildman–Crippen MR) is 183 cm³/mol. The van der Waals surface area contributed by atoms with Gasteiger partial charge in [0.1, 0.15) is 15.7 Å². The Bertz CT molecular complexity index is 2190. The minimum absolute atomic E-state index is 0.0218. The summed E-state index contributed by atoms with van der Waals surface area (Å²) < 4.78 is 72.5. The Balaban J connectivity index is 1.28. The fourth-order valence-corrected chi connectivity index (χ4v) is 8.48. The molecule has 0 saturated carbocycles. The van der Waals surface area contributed by atoms with E-state index in [4.69, 9.17) is 60.5 Å². The fourth-order valence-electron chi connectivity index (χ4n) is 6.84. The second-order valence-electron chi connectivity index (χ2n) is 11.9. The van der Waals surface area contributed by atoms with Crippen LogP contribution < -0.4 is 27.9 Å². The number of hydrogen-bond donors (Lipinski definition) is 0. The van der Waals surface area contributed by atoms with Crippen molar-refractivity contribution < 1.29 is 55.5 Å². The maximum atomic E-state index is 13.8. The number of ether oxygens (including phenoxy) is 7. The first-order chi connectivity index (χ1) is 24.9. The molecule has 0 aromatic heterocycles. The highest BCUT2D eigenvalue weighted by Crippen LogP contribution is 2.61. The van der Waals surface area contributed by atoms with Crippen molar-refractivity contribution in [3.63, 3.8) is 0 Å². The number of cyclic esters (lactones) is 1. The van der Waals surface area contributed by atoms with Gasteiger partial charge in [0.15, 0.2) is 27.9 Å². The zero-order valence-corrected chi connectivity index (χ0v) is 30.0. The molecule has 0 unspecified atom stereocenters. The third-order valence-electron chi connectivity index (χ3n) is 9.24. The molecule has 1 saturated heterocycles. The summed E-state index contributed by atoms with van der Waals surface area (Å²) in [6.45, 7) is -0.326. The summed E-state index contributed by atoms with van der Waals surface area (Å²) in [4.78, 5) is 22.2. The van der Waals surface area contributed by atoms with Crippen molar-refractivity contribution in [2.75, 3.05) is 34.7 Å². The summed E-state index contributed by atoms with van der Waals surface area (Å²) in [6, 6.07) is 16.2. The van der Waals surface area contributed by atoms with Gasteiger partial charge in [-0.15, -0.1) is 11.6 Å². The van der Waals surface area contributed by atoms with Crippen molar-refractivity contribution in [3.05, 3.63) is 104 Å². The Morgan fingerprint density at radius 3 is 2.23 bits per heavy atom. The van der Waals surface area contributed by atoms with Crippen LogP contribution in [0, 0.1) is 16.0 Å². The standard InChI is InChI=1S/C35H29Cl2NO13S/c1-44-29-10-19(11-30(45-2)33(29)46-3)31-21-13-27-28(50-17-49-27)14-22(21)32(23-16-48-34(39)35(23,31)37)47-15-18-6-4-5-7-26(18)51-52(42,43)20-8-9-24(36)25(12-20)38(40)41/h4-14,23,31-32H,15-17H2,1-3H3/t23-,31-,32+,35-/m1/s1. The van der Waals surface area contributed by atoms with Crippen LogP contribution in [0.2, 0.25) is 5.02 Å². The Morgan fingerprint density at radius 1 is 0.904 bits per heavy atom. The van der Waals surface area contributed by atoms with Crippen molar-refractivity contribution in [2.45, 2.75) is 28.4 Å². The van der Waals surface area contributed by atoms with Crippen LogP contribution in [0.15, 0.2) is 71.6 Å². The Labute approximate surface area is 307 Å². The highest BCUT2D eigenvalue weighted by atomic mass is 35.5. The number of nitro benzene ring substituents is 1. The number of nitrogens with zero attached hydrogens (tertiary/aromatic N) is 1. The number of fused-ring (bicyclic) bond motifs is 3. The van der Waals surface area contributed by atoms with E-state index < -0.39 is 54.4 Å². The highest BCUT2D eigenvalue weighted by Gasteiger charge is 2.64. The van der Waals surface area contributed by atoms with E-state index in [-0.39, 0.29) is 30.8 Å². The lowest BCUT2D eigenvalue weighted by Gasteiger charge is -2.43. The van der Waals surface area contributed by atoms with Crippen LogP contribution >= 0.6 is 23.2 Å². The molecule has 4 aromatic carbocycles. The number of esters is 1. The topological polar surface area (TPSA) is 168 Å². The molecule has 0 amide bonds. The smallest absolute Gasteiger partial charge is 0.339 e. The van der Waals surface area contributed by atoms with Crippen LogP contribution in [-0.4, -0.2) is 58.9 Å². The summed E-state index contributed by atoms with van der Waals surface area (Å²) in [5.74, 6) is -0.401. The average Bonchev–Trinajstić information content (AvgIpc) is 3.71. The van der Waals surface area contributed by atoms with Crippen LogP contribution in [0.3, 0.4) is 0 Å². The van der Waals surface area contributed by atoms with Gasteiger partial charge in [-0.3, -0.25) is 14.9 Å². The number of nitro groups is 1. The predicted octanol–water partition coefficient (Wildman–Crippen LogP) is 6.32. The van der Waals surface area contributed by atoms with Gasteiger partial charge in [0, 0.05) is 17.5 Å². The zero-order valence-electron chi connectivity index (χ0n) is 27.6. The fraction of sp³-hybridized carbons (Fsp3) is 0.286. The van der Waals surface area contributed by atoms with E-state index >= 15 is 0 Å². The molecule has 4 atom stereocenters. The minimum Gasteiger partial charge on any atom is -0.493 e. The molecule has 4 aromatic rings. The van der Waals surface area contributed by atoms with Crippen molar-refractivity contribution in [1.29, 1.82) is 0 Å². The van der Waals surface area contributed by atoms with Crippen LogP contribution in [0.5, 0.6) is 34.5 Å². The molecule has 52 heavy (non-hydrogen) atoms. The number of carbonyl (C=O) groups excluding carboxylic acids is 1. The lowest BCUT2D eigenvalue weighted by Crippen LogP contribution is -2.48. The van der Waals surface area contributed by atoms with Gasteiger partial charge in [0.05, 0.1) is 51.5 Å². The van der Waals surface area contributed by atoms with Crippen LogP contribution in [-0.2, 0) is 31.0 Å². The lowest BCUT2D eigenvalue weighted by atomic mass is 9.65. The van der Waals surface area contributed by atoms with E-state index in [1.165, 1.54) is 27.4 Å². The lowest BCUT2D eigenvalue weighted by molar-refractivity contribution is -0.384. The van der Waals surface area contributed by atoms with E-state index in [2.05, 4.69) is 0 Å². The third kappa shape index (κ3) is 5.87. The SMILES string of the molecule is COc1cc([C@@H]2c3cc4c(cc3[C@H](OCc3ccccc3OS(=O)(=O)c3ccc(Cl)c([N+](=O)[O-])c3)[C@H]3COC(=O)[C@]23Cl)OCO4)cc(OC)c1OC. The van der Waals surface area contributed by atoms with Gasteiger partial charge in [-0.05, 0) is 59.2 Å². The third-order valence-corrected chi connectivity index (χ3v) is 11.4. The minimum atomic E-state index is -4.56. The molecule has 14 nitrogen and oxygen atoms in total. The van der Waals surface area contributed by atoms with Gasteiger partial charge in [0.25, 0.3) is 5.69 Å². The molecule has 7 rings (SSSR count). The number of hydrogen-bond acceptors (Lipinski definition) is 13. The number of para-hydroxylation sites is 1. The van der Waals surface area contributed by atoms with Crippen molar-refractivity contribution >= 4 is 45.0 Å². The molecule has 2 aliphatic heterocycles. The molecule has 1 fully saturated rings. The number of rotatable bonds is 11. The van der Waals surface area contributed by atoms with Crippen LogP contribution in [0.1, 0.15) is 34.3 Å². The molecule has 1 aliphatic carbocycles. The monoisotopic (exact) mass is 773 g/mol. The highest BCUT2D eigenvalue weighted by molar-refractivity contribution is 7.87. The second kappa shape index (κ2) is 13.5. The first-order valence-corrected chi connectivity index (χ1v) is 17.7. The first kappa shape index (κ1) is 35.4. The summed E-state index contributed by atoms with van der Waals surface area (Å²) in [6.07, 6.45) is -0.879. The molecule has 272 valence electrons. The van der Waals surface area contributed by atoms with E-state index in [1.54, 1.807) is 42.5 Å². The van der Waals surface area contributed by atoms with Crippen LogP contribution in [0.25, 0.3) is 0 Å². The average molecular weight is 775 g/mol. The van der Waals surface area contributed by atoms with Crippen molar-refractivity contribution in [1.82, 2.24) is 0 Å². The molecule has 3 aliphatic rings. The second-order valence-corrected chi connectivity index (χ2v) is 14.5. The molecule has 17 heteroatoms. The Kier molecular flexibility index (Phi) is 9.23. The maximum absolute atomic E-state index is 13.8. The van der Waals surface area contributed by atoms with Gasteiger partial charge in [-0.25, -0.2) is 0 Å². The van der Waals surface area contributed by atoms with E-state index in [9.17, 15) is 23.3 Å². The molecule has 0 bridgehead atoms. The number of halogens is 2. The normalized spacial score (nSPS) is 21.5. The summed E-state index contributed by atoms with van der Waals surface area (Å²) in [7, 11) is -0.119. The first-order valence-electron chi connectivity index (χ1n) is 15.6. The van der Waals surface area contributed by atoms with E-state index in [0.29, 0.717) is 51.0 Å². The largest absolute Gasteiger partial charge is 0.493 e. The number of benzene rings is 4. The van der Waals surface area contributed by atoms with Gasteiger partial charge in [-0.2, -0.15) is 8.42 Å². The van der Waals surface area contributed by atoms with Gasteiger partial charge in [-0.1, -0.05) is 29.8 Å². The van der Waals surface area contributed by atoms with Crippen molar-refractivity contribution in [2.24, 2.45) is 5.92 Å². The van der Waals surface area contributed by atoms with Gasteiger partial charge in [0.2, 0.25) is 12.5 Å².